The average molecular weight is 283 g/mol. The topological polar surface area (TPSA) is 38.8 Å². The average Bonchev–Trinajstić information content (AvgIpc) is 2.87. The molecular formula is C17H17NO3. The van der Waals surface area contributed by atoms with Crippen LogP contribution in [0.2, 0.25) is 0 Å². The van der Waals surface area contributed by atoms with Gasteiger partial charge in [-0.2, -0.15) is 0 Å². The Balaban J connectivity index is 1.60. The third-order valence-corrected chi connectivity index (χ3v) is 3.37. The molecule has 1 aliphatic rings. The smallest absolute Gasteiger partial charge is 0.414 e. The summed E-state index contributed by atoms with van der Waals surface area (Å²) >= 11 is 0. The summed E-state index contributed by atoms with van der Waals surface area (Å²) < 4.78 is 11.0. The molecule has 1 atom stereocenters. The molecule has 0 bridgehead atoms. The molecule has 3 rings (SSSR count). The molecule has 1 heterocycles. The maximum Gasteiger partial charge on any atom is 0.414 e. The Bertz CT molecular complexity index is 627. The van der Waals surface area contributed by atoms with Gasteiger partial charge in [0.1, 0.15) is 12.4 Å². The van der Waals surface area contributed by atoms with Crippen LogP contribution in [0.3, 0.4) is 0 Å². The van der Waals surface area contributed by atoms with Crippen molar-refractivity contribution < 1.29 is 14.3 Å². The lowest BCUT2D eigenvalue weighted by molar-refractivity contribution is 0.105. The predicted octanol–water partition coefficient (Wildman–Crippen LogP) is 3.40. The molecule has 1 amide bonds. The first-order valence-corrected chi connectivity index (χ1v) is 6.95. The van der Waals surface area contributed by atoms with Gasteiger partial charge in [-0.05, 0) is 36.8 Å². The first-order valence-electron chi connectivity index (χ1n) is 6.95. The highest BCUT2D eigenvalue weighted by Crippen LogP contribution is 2.22. The van der Waals surface area contributed by atoms with Crippen LogP contribution in [0.25, 0.3) is 0 Å². The summed E-state index contributed by atoms with van der Waals surface area (Å²) in [6.45, 7) is 2.88. The van der Waals surface area contributed by atoms with E-state index in [0.717, 1.165) is 17.0 Å². The number of carbonyl (C=O) groups excluding carboxylic acids is 1. The minimum Gasteiger partial charge on any atom is -0.490 e. The molecule has 1 saturated heterocycles. The number of anilines is 1. The highest BCUT2D eigenvalue weighted by molar-refractivity contribution is 5.89. The predicted molar refractivity (Wildman–Crippen MR) is 80.7 cm³/mol. The van der Waals surface area contributed by atoms with Crippen molar-refractivity contribution in [1.29, 1.82) is 0 Å². The van der Waals surface area contributed by atoms with E-state index < -0.39 is 0 Å². The summed E-state index contributed by atoms with van der Waals surface area (Å²) in [7, 11) is 0. The summed E-state index contributed by atoms with van der Waals surface area (Å²) in [5, 5.41) is 0. The van der Waals surface area contributed by atoms with Crippen LogP contribution < -0.4 is 9.64 Å². The summed E-state index contributed by atoms with van der Waals surface area (Å²) in [5.41, 5.74) is 1.99. The van der Waals surface area contributed by atoms with Crippen LogP contribution in [-0.2, 0) is 4.74 Å². The molecule has 21 heavy (non-hydrogen) atoms. The van der Waals surface area contributed by atoms with Crippen molar-refractivity contribution in [2.45, 2.75) is 13.0 Å². The largest absolute Gasteiger partial charge is 0.490 e. The normalized spacial score (nSPS) is 17.7. The molecule has 1 fully saturated rings. The van der Waals surface area contributed by atoms with E-state index in [9.17, 15) is 4.79 Å². The standard InChI is InChI=1S/C17H17NO3/c1-13-6-5-9-15(10-13)20-12-16-11-18(17(19)21-16)14-7-3-2-4-8-14/h2-10,16H,11-12H2,1H3. The number of rotatable bonds is 4. The highest BCUT2D eigenvalue weighted by atomic mass is 16.6. The number of carbonyl (C=O) groups is 1. The van der Waals surface area contributed by atoms with Crippen molar-refractivity contribution in [1.82, 2.24) is 0 Å². The van der Waals surface area contributed by atoms with Gasteiger partial charge in [0, 0.05) is 5.69 Å². The number of ether oxygens (including phenoxy) is 2. The van der Waals surface area contributed by atoms with E-state index >= 15 is 0 Å². The van der Waals surface area contributed by atoms with Gasteiger partial charge in [-0.25, -0.2) is 4.79 Å². The molecule has 0 saturated carbocycles. The second-order valence-corrected chi connectivity index (χ2v) is 5.08. The van der Waals surface area contributed by atoms with Crippen LogP contribution in [0.15, 0.2) is 54.6 Å². The van der Waals surface area contributed by atoms with Crippen molar-refractivity contribution in [3.05, 3.63) is 60.2 Å². The maximum atomic E-state index is 11.9. The monoisotopic (exact) mass is 283 g/mol. The zero-order valence-electron chi connectivity index (χ0n) is 11.9. The lowest BCUT2D eigenvalue weighted by Crippen LogP contribution is -2.26. The first-order chi connectivity index (χ1) is 10.2. The lowest BCUT2D eigenvalue weighted by atomic mass is 10.2. The van der Waals surface area contributed by atoms with Gasteiger partial charge in [-0.15, -0.1) is 0 Å². The second kappa shape index (κ2) is 5.87. The molecule has 4 nitrogen and oxygen atoms in total. The van der Waals surface area contributed by atoms with Gasteiger partial charge in [0.15, 0.2) is 6.10 Å². The number of hydrogen-bond donors (Lipinski definition) is 0. The zero-order valence-corrected chi connectivity index (χ0v) is 11.9. The van der Waals surface area contributed by atoms with E-state index in [-0.39, 0.29) is 12.2 Å². The van der Waals surface area contributed by atoms with Gasteiger partial charge in [-0.1, -0.05) is 30.3 Å². The third kappa shape index (κ3) is 3.16. The van der Waals surface area contributed by atoms with Crippen LogP contribution in [0.5, 0.6) is 5.75 Å². The molecule has 1 unspecified atom stereocenters. The van der Waals surface area contributed by atoms with Gasteiger partial charge in [0.05, 0.1) is 6.54 Å². The Kier molecular flexibility index (Phi) is 3.77. The molecule has 0 radical (unpaired) electrons. The van der Waals surface area contributed by atoms with Gasteiger partial charge < -0.3 is 9.47 Å². The minimum absolute atomic E-state index is 0.252. The number of para-hydroxylation sites is 1. The Morgan fingerprint density at radius 1 is 1.19 bits per heavy atom. The molecular weight excluding hydrogens is 266 g/mol. The highest BCUT2D eigenvalue weighted by Gasteiger charge is 2.32. The molecule has 0 spiro atoms. The van der Waals surface area contributed by atoms with Crippen molar-refractivity contribution >= 4 is 11.8 Å². The van der Waals surface area contributed by atoms with Crippen LogP contribution in [0.4, 0.5) is 10.5 Å². The Hall–Kier alpha value is -2.49. The molecule has 0 aliphatic carbocycles. The van der Waals surface area contributed by atoms with E-state index in [1.165, 1.54) is 0 Å². The Labute approximate surface area is 123 Å². The van der Waals surface area contributed by atoms with E-state index in [1.807, 2.05) is 61.5 Å². The molecule has 2 aromatic carbocycles. The van der Waals surface area contributed by atoms with E-state index in [4.69, 9.17) is 9.47 Å². The molecule has 0 N–H and O–H groups in total. The molecule has 1 aliphatic heterocycles. The minimum atomic E-state index is -0.320. The van der Waals surface area contributed by atoms with Crippen LogP contribution >= 0.6 is 0 Å². The van der Waals surface area contributed by atoms with E-state index in [1.54, 1.807) is 4.90 Å². The molecule has 4 heteroatoms. The summed E-state index contributed by atoms with van der Waals surface area (Å²) in [5.74, 6) is 0.796. The summed E-state index contributed by atoms with van der Waals surface area (Å²) in [6.07, 6.45) is -0.572. The molecule has 0 aromatic heterocycles. The van der Waals surface area contributed by atoms with Crippen molar-refractivity contribution in [3.8, 4) is 5.75 Å². The third-order valence-electron chi connectivity index (χ3n) is 3.37. The van der Waals surface area contributed by atoms with Gasteiger partial charge in [0.2, 0.25) is 0 Å². The van der Waals surface area contributed by atoms with Crippen LogP contribution in [0.1, 0.15) is 5.56 Å². The summed E-state index contributed by atoms with van der Waals surface area (Å²) in [6, 6.07) is 17.3. The number of benzene rings is 2. The number of aryl methyl sites for hydroxylation is 1. The molecule has 108 valence electrons. The Morgan fingerprint density at radius 2 is 2.00 bits per heavy atom. The number of cyclic esters (lactones) is 1. The van der Waals surface area contributed by atoms with Crippen LogP contribution in [-0.4, -0.2) is 25.3 Å². The van der Waals surface area contributed by atoms with Gasteiger partial charge >= 0.3 is 6.09 Å². The number of hydrogen-bond acceptors (Lipinski definition) is 3. The second-order valence-electron chi connectivity index (χ2n) is 5.08. The maximum absolute atomic E-state index is 11.9. The van der Waals surface area contributed by atoms with Gasteiger partial charge in [-0.3, -0.25) is 4.90 Å². The van der Waals surface area contributed by atoms with Crippen molar-refractivity contribution in [2.24, 2.45) is 0 Å². The zero-order chi connectivity index (χ0) is 14.7. The Morgan fingerprint density at radius 3 is 2.76 bits per heavy atom. The lowest BCUT2D eigenvalue weighted by Gasteiger charge is -2.13. The van der Waals surface area contributed by atoms with Gasteiger partial charge in [0.25, 0.3) is 0 Å². The van der Waals surface area contributed by atoms with Crippen molar-refractivity contribution in [2.75, 3.05) is 18.1 Å². The molecule has 2 aromatic rings. The quantitative estimate of drug-likeness (QED) is 0.863. The SMILES string of the molecule is Cc1cccc(OCC2CN(c3ccccc3)C(=O)O2)c1. The van der Waals surface area contributed by atoms with Crippen molar-refractivity contribution in [3.63, 3.8) is 0 Å². The van der Waals surface area contributed by atoms with Crippen LogP contribution in [0, 0.1) is 6.92 Å². The van der Waals surface area contributed by atoms with E-state index in [0.29, 0.717) is 13.2 Å². The summed E-state index contributed by atoms with van der Waals surface area (Å²) in [4.78, 5) is 13.5. The fourth-order valence-electron chi connectivity index (χ4n) is 2.32. The first kappa shape index (κ1) is 13.5. The number of nitrogens with zero attached hydrogens (tertiary/aromatic N) is 1. The fraction of sp³-hybridized carbons (Fsp3) is 0.235. The number of amides is 1. The van der Waals surface area contributed by atoms with E-state index in [2.05, 4.69) is 0 Å². The fourth-order valence-corrected chi connectivity index (χ4v) is 2.32.